The number of ether oxygens (including phenoxy) is 1. The molecule has 0 aromatic heterocycles. The summed E-state index contributed by atoms with van der Waals surface area (Å²) in [6, 6.07) is 10.1. The number of hydrogen-bond acceptors (Lipinski definition) is 2. The van der Waals surface area contributed by atoms with Gasteiger partial charge in [0.25, 0.3) is 0 Å². The molecule has 0 aliphatic carbocycles. The van der Waals surface area contributed by atoms with Crippen molar-refractivity contribution in [2.45, 2.75) is 19.8 Å². The van der Waals surface area contributed by atoms with Crippen LogP contribution in [0.15, 0.2) is 48.6 Å². The second-order valence-electron chi connectivity index (χ2n) is 3.87. The van der Waals surface area contributed by atoms with Crippen LogP contribution in [0.25, 0.3) is 6.08 Å². The van der Waals surface area contributed by atoms with Crippen molar-refractivity contribution < 1.29 is 9.53 Å². The zero-order chi connectivity index (χ0) is 12.5. The summed E-state index contributed by atoms with van der Waals surface area (Å²) in [6.07, 6.45) is 5.89. The Morgan fingerprint density at radius 2 is 2.06 bits per heavy atom. The largest absolute Gasteiger partial charge is 0.462 e. The minimum atomic E-state index is -0.308. The molecule has 0 radical (unpaired) electrons. The van der Waals surface area contributed by atoms with E-state index in [1.165, 1.54) is 5.56 Å². The van der Waals surface area contributed by atoms with Gasteiger partial charge in [0.15, 0.2) is 0 Å². The van der Waals surface area contributed by atoms with Gasteiger partial charge in [0.05, 0.1) is 6.61 Å². The highest BCUT2D eigenvalue weighted by Gasteiger charge is 2.00. The second kappa shape index (κ2) is 7.44. The molecule has 0 atom stereocenters. The van der Waals surface area contributed by atoms with E-state index in [1.54, 1.807) is 6.92 Å². The van der Waals surface area contributed by atoms with E-state index in [0.29, 0.717) is 12.2 Å². The zero-order valence-corrected chi connectivity index (χ0v) is 10.2. The van der Waals surface area contributed by atoms with Crippen molar-refractivity contribution in [1.29, 1.82) is 0 Å². The van der Waals surface area contributed by atoms with E-state index in [-0.39, 0.29) is 5.97 Å². The lowest BCUT2D eigenvalue weighted by Gasteiger charge is -2.01. The van der Waals surface area contributed by atoms with Crippen LogP contribution < -0.4 is 0 Å². The molecule has 17 heavy (non-hydrogen) atoms. The second-order valence-corrected chi connectivity index (χ2v) is 3.87. The van der Waals surface area contributed by atoms with Gasteiger partial charge in [-0.15, -0.1) is 0 Å². The van der Waals surface area contributed by atoms with Crippen LogP contribution in [0.4, 0.5) is 0 Å². The highest BCUT2D eigenvalue weighted by Crippen LogP contribution is 2.03. The molecule has 0 amide bonds. The number of rotatable bonds is 6. The van der Waals surface area contributed by atoms with E-state index in [9.17, 15) is 4.79 Å². The average molecular weight is 230 g/mol. The monoisotopic (exact) mass is 230 g/mol. The fraction of sp³-hybridized carbons (Fsp3) is 0.267. The number of hydrogen-bond donors (Lipinski definition) is 0. The van der Waals surface area contributed by atoms with Gasteiger partial charge in [0.2, 0.25) is 0 Å². The quantitative estimate of drug-likeness (QED) is 0.424. The van der Waals surface area contributed by atoms with Crippen molar-refractivity contribution in [3.8, 4) is 0 Å². The Hall–Kier alpha value is -1.83. The van der Waals surface area contributed by atoms with Crippen molar-refractivity contribution >= 4 is 12.0 Å². The van der Waals surface area contributed by atoms with Crippen LogP contribution in [-0.2, 0) is 9.53 Å². The molecular formula is C15H18O2. The van der Waals surface area contributed by atoms with Crippen molar-refractivity contribution in [3.05, 3.63) is 54.1 Å². The van der Waals surface area contributed by atoms with E-state index in [0.717, 1.165) is 12.8 Å². The first kappa shape index (κ1) is 13.2. The van der Waals surface area contributed by atoms with Gasteiger partial charge in [-0.1, -0.05) is 49.1 Å². The first-order valence-corrected chi connectivity index (χ1v) is 5.74. The van der Waals surface area contributed by atoms with Gasteiger partial charge < -0.3 is 4.74 Å². The summed E-state index contributed by atoms with van der Waals surface area (Å²) in [7, 11) is 0. The summed E-state index contributed by atoms with van der Waals surface area (Å²) < 4.78 is 4.98. The van der Waals surface area contributed by atoms with Crippen LogP contribution in [0.1, 0.15) is 25.3 Å². The summed E-state index contributed by atoms with van der Waals surface area (Å²) in [5.74, 6) is -0.308. The Bertz CT molecular complexity index is 391. The van der Waals surface area contributed by atoms with Gasteiger partial charge >= 0.3 is 5.97 Å². The summed E-state index contributed by atoms with van der Waals surface area (Å²) in [6.45, 7) is 5.62. The number of unbranched alkanes of at least 4 members (excludes halogenated alkanes) is 1. The molecule has 0 fully saturated rings. The zero-order valence-electron chi connectivity index (χ0n) is 10.2. The third kappa shape index (κ3) is 5.71. The number of esters is 1. The maximum atomic E-state index is 11.1. The summed E-state index contributed by atoms with van der Waals surface area (Å²) in [5, 5.41) is 0. The number of allylic oxidation sites excluding steroid dienone is 1. The van der Waals surface area contributed by atoms with E-state index in [4.69, 9.17) is 4.74 Å². The molecule has 0 aliphatic rings. The van der Waals surface area contributed by atoms with E-state index >= 15 is 0 Å². The minimum absolute atomic E-state index is 0.308. The van der Waals surface area contributed by atoms with Crippen molar-refractivity contribution in [1.82, 2.24) is 0 Å². The summed E-state index contributed by atoms with van der Waals surface area (Å²) in [5.41, 5.74) is 1.64. The molecule has 0 spiro atoms. The molecule has 0 unspecified atom stereocenters. The number of carbonyl (C=O) groups excluding carboxylic acids is 1. The molecule has 0 N–H and O–H groups in total. The van der Waals surface area contributed by atoms with Gasteiger partial charge in [0.1, 0.15) is 0 Å². The Morgan fingerprint density at radius 3 is 2.71 bits per heavy atom. The number of benzene rings is 1. The molecule has 0 saturated carbocycles. The van der Waals surface area contributed by atoms with Crippen LogP contribution in [0, 0.1) is 0 Å². The molecule has 1 rings (SSSR count). The van der Waals surface area contributed by atoms with E-state index in [1.807, 2.05) is 18.2 Å². The van der Waals surface area contributed by atoms with Crippen molar-refractivity contribution in [2.75, 3.05) is 6.61 Å². The molecule has 1 aromatic carbocycles. The smallest absolute Gasteiger partial charge is 0.333 e. The predicted molar refractivity (Wildman–Crippen MR) is 70.5 cm³/mol. The molecule has 2 nitrogen and oxygen atoms in total. The average Bonchev–Trinajstić information content (AvgIpc) is 2.34. The van der Waals surface area contributed by atoms with Gasteiger partial charge in [-0.3, -0.25) is 0 Å². The van der Waals surface area contributed by atoms with Crippen molar-refractivity contribution in [3.63, 3.8) is 0 Å². The fourth-order valence-corrected chi connectivity index (χ4v) is 1.27. The normalized spacial score (nSPS) is 10.4. The molecule has 0 saturated heterocycles. The molecule has 0 bridgehead atoms. The summed E-state index contributed by atoms with van der Waals surface area (Å²) >= 11 is 0. The lowest BCUT2D eigenvalue weighted by atomic mass is 10.2. The molecule has 90 valence electrons. The van der Waals surface area contributed by atoms with E-state index < -0.39 is 0 Å². The van der Waals surface area contributed by atoms with Crippen LogP contribution in [0.5, 0.6) is 0 Å². The molecule has 1 aromatic rings. The molecule has 0 heterocycles. The van der Waals surface area contributed by atoms with Crippen LogP contribution in [-0.4, -0.2) is 12.6 Å². The third-order valence-electron chi connectivity index (χ3n) is 2.21. The van der Waals surface area contributed by atoms with Gasteiger partial charge in [0, 0.05) is 5.57 Å². The molecular weight excluding hydrogens is 212 g/mol. The Kier molecular flexibility index (Phi) is 5.80. The SMILES string of the molecule is C=C(C)C(=O)OCCCC=Cc1ccccc1. The van der Waals surface area contributed by atoms with Crippen LogP contribution in [0.2, 0.25) is 0 Å². The standard InChI is InChI=1S/C15H18O2/c1-13(2)15(16)17-12-8-4-7-11-14-9-5-3-6-10-14/h3,5-7,9-11H,1,4,8,12H2,2H3. The highest BCUT2D eigenvalue weighted by molar-refractivity contribution is 5.86. The predicted octanol–water partition coefficient (Wildman–Crippen LogP) is 3.60. The molecule has 2 heteroatoms. The maximum Gasteiger partial charge on any atom is 0.333 e. The Labute approximate surface area is 103 Å². The van der Waals surface area contributed by atoms with E-state index in [2.05, 4.69) is 30.9 Å². The summed E-state index contributed by atoms with van der Waals surface area (Å²) in [4.78, 5) is 11.1. The lowest BCUT2D eigenvalue weighted by Crippen LogP contribution is -2.05. The van der Waals surface area contributed by atoms with Gasteiger partial charge in [-0.2, -0.15) is 0 Å². The Morgan fingerprint density at radius 1 is 1.35 bits per heavy atom. The topological polar surface area (TPSA) is 26.3 Å². The highest BCUT2D eigenvalue weighted by atomic mass is 16.5. The first-order chi connectivity index (χ1) is 8.20. The first-order valence-electron chi connectivity index (χ1n) is 5.74. The van der Waals surface area contributed by atoms with Crippen LogP contribution >= 0.6 is 0 Å². The lowest BCUT2D eigenvalue weighted by molar-refractivity contribution is -0.139. The van der Waals surface area contributed by atoms with Crippen molar-refractivity contribution in [2.24, 2.45) is 0 Å². The van der Waals surface area contributed by atoms with Gasteiger partial charge in [-0.05, 0) is 25.3 Å². The van der Waals surface area contributed by atoms with Crippen LogP contribution in [0.3, 0.4) is 0 Å². The number of carbonyl (C=O) groups is 1. The van der Waals surface area contributed by atoms with Gasteiger partial charge in [-0.25, -0.2) is 4.79 Å². The fourth-order valence-electron chi connectivity index (χ4n) is 1.27. The Balaban J connectivity index is 2.15. The minimum Gasteiger partial charge on any atom is -0.462 e. The molecule has 0 aliphatic heterocycles. The maximum absolute atomic E-state index is 11.1. The third-order valence-corrected chi connectivity index (χ3v) is 2.21.